The molecule has 1 saturated heterocycles. The quantitative estimate of drug-likeness (QED) is 0.561. The van der Waals surface area contributed by atoms with Gasteiger partial charge in [0.15, 0.2) is 5.75 Å². The van der Waals surface area contributed by atoms with Crippen LogP contribution in [0.25, 0.3) is 6.08 Å². The number of nitrogens with zero attached hydrogens (tertiary/aromatic N) is 1. The van der Waals surface area contributed by atoms with Crippen molar-refractivity contribution in [3.05, 3.63) is 83.9 Å². The number of amides is 1. The molecule has 35 heavy (non-hydrogen) atoms. The van der Waals surface area contributed by atoms with Crippen LogP contribution >= 0.6 is 0 Å². The van der Waals surface area contributed by atoms with E-state index >= 15 is 0 Å². The van der Waals surface area contributed by atoms with Crippen molar-refractivity contribution in [3.8, 4) is 17.2 Å². The molecule has 1 N–H and O–H groups in total. The van der Waals surface area contributed by atoms with Gasteiger partial charge in [-0.25, -0.2) is 8.42 Å². The number of hydrogen-bond acceptors (Lipinski definition) is 6. The van der Waals surface area contributed by atoms with Crippen molar-refractivity contribution in [1.29, 1.82) is 0 Å². The number of anilines is 1. The van der Waals surface area contributed by atoms with E-state index in [2.05, 4.69) is 5.32 Å². The molecule has 0 radical (unpaired) electrons. The van der Waals surface area contributed by atoms with Crippen LogP contribution in [0.15, 0.2) is 83.3 Å². The topological polar surface area (TPSA) is 94.2 Å². The van der Waals surface area contributed by atoms with Gasteiger partial charge in [-0.05, 0) is 42.5 Å². The van der Waals surface area contributed by atoms with Gasteiger partial charge in [0.25, 0.3) is 5.91 Å². The summed E-state index contributed by atoms with van der Waals surface area (Å²) in [7, 11) is -3.77. The fourth-order valence-corrected chi connectivity index (χ4v) is 5.29. The van der Waals surface area contributed by atoms with E-state index in [9.17, 15) is 13.2 Å². The molecule has 5 rings (SSSR count). The van der Waals surface area contributed by atoms with Crippen LogP contribution in [0.2, 0.25) is 0 Å². The smallest absolute Gasteiger partial charge is 0.255 e. The lowest BCUT2D eigenvalue weighted by molar-refractivity contribution is -0.113. The monoisotopic (exact) mass is 492 g/mol. The van der Waals surface area contributed by atoms with Gasteiger partial charge in [-0.15, -0.1) is 0 Å². The first-order valence-corrected chi connectivity index (χ1v) is 12.6. The first-order valence-electron chi connectivity index (χ1n) is 11.2. The Hall–Kier alpha value is -3.66. The van der Waals surface area contributed by atoms with Gasteiger partial charge in [-0.2, -0.15) is 4.31 Å². The van der Waals surface area contributed by atoms with E-state index in [1.165, 1.54) is 16.4 Å². The Morgan fingerprint density at radius 3 is 2.49 bits per heavy atom. The summed E-state index contributed by atoms with van der Waals surface area (Å²) in [4.78, 5) is 13.2. The number of sulfonamides is 1. The third kappa shape index (κ3) is 5.07. The van der Waals surface area contributed by atoms with Crippen LogP contribution in [-0.2, 0) is 19.6 Å². The Morgan fingerprint density at radius 2 is 1.69 bits per heavy atom. The van der Waals surface area contributed by atoms with Gasteiger partial charge in [0, 0.05) is 18.7 Å². The molecule has 3 aromatic rings. The molecule has 0 saturated carbocycles. The first-order chi connectivity index (χ1) is 17.0. The molecule has 180 valence electrons. The largest absolute Gasteiger partial charge is 0.488 e. The second kappa shape index (κ2) is 9.91. The molecule has 1 fully saturated rings. The van der Waals surface area contributed by atoms with Gasteiger partial charge >= 0.3 is 0 Å². The minimum absolute atomic E-state index is 0.0642. The van der Waals surface area contributed by atoms with Crippen LogP contribution in [-0.4, -0.2) is 51.5 Å². The molecule has 0 aliphatic carbocycles. The zero-order valence-corrected chi connectivity index (χ0v) is 19.7. The van der Waals surface area contributed by atoms with E-state index < -0.39 is 15.9 Å². The van der Waals surface area contributed by atoms with E-state index in [4.69, 9.17) is 14.2 Å². The lowest BCUT2D eigenvalue weighted by Gasteiger charge is -2.26. The number of ether oxygens (including phenoxy) is 3. The molecule has 3 aromatic carbocycles. The van der Waals surface area contributed by atoms with Crippen LogP contribution in [0, 0.1) is 0 Å². The Bertz CT molecular complexity index is 1370. The maximum atomic E-state index is 13.2. The predicted octanol–water partition coefficient (Wildman–Crippen LogP) is 3.91. The molecule has 0 atom stereocenters. The SMILES string of the molecule is O=C(Nc1cc(S(=O)(=O)N2CCOCC2)ccc1Oc1ccccc1)C1=Cc2ccccc2OC1. The molecule has 2 aliphatic heterocycles. The van der Waals surface area contributed by atoms with Crippen molar-refractivity contribution in [1.82, 2.24) is 4.31 Å². The normalized spacial score (nSPS) is 15.9. The van der Waals surface area contributed by atoms with Crippen molar-refractivity contribution in [2.45, 2.75) is 4.90 Å². The predicted molar refractivity (Wildman–Crippen MR) is 131 cm³/mol. The molecule has 2 aliphatic rings. The lowest BCUT2D eigenvalue weighted by Crippen LogP contribution is -2.40. The zero-order valence-electron chi connectivity index (χ0n) is 18.8. The second-order valence-corrected chi connectivity index (χ2v) is 9.98. The molecular formula is C26H24N2O6S. The Kier molecular flexibility index (Phi) is 6.54. The molecule has 0 unspecified atom stereocenters. The van der Waals surface area contributed by atoms with E-state index in [1.54, 1.807) is 24.3 Å². The molecule has 8 nitrogen and oxygen atoms in total. The number of benzene rings is 3. The Morgan fingerprint density at radius 1 is 0.943 bits per heavy atom. The van der Waals surface area contributed by atoms with Crippen molar-refractivity contribution in [2.24, 2.45) is 0 Å². The van der Waals surface area contributed by atoms with E-state index in [1.807, 2.05) is 42.5 Å². The average Bonchev–Trinajstić information content (AvgIpc) is 2.90. The molecule has 2 heterocycles. The minimum atomic E-state index is -3.77. The third-order valence-electron chi connectivity index (χ3n) is 5.70. The number of rotatable bonds is 6. The van der Waals surface area contributed by atoms with Gasteiger partial charge < -0.3 is 19.5 Å². The fourth-order valence-electron chi connectivity index (χ4n) is 3.86. The second-order valence-electron chi connectivity index (χ2n) is 8.04. The van der Waals surface area contributed by atoms with Crippen molar-refractivity contribution >= 4 is 27.7 Å². The summed E-state index contributed by atoms with van der Waals surface area (Å²) in [5.74, 6) is 1.18. The standard InChI is InChI=1S/C26H24N2O6S/c29-26(20-16-19-6-4-5-9-24(19)33-18-20)27-23-17-22(35(30,31)28-12-14-32-15-13-28)10-11-25(23)34-21-7-2-1-3-8-21/h1-11,16-17H,12-15,18H2,(H,27,29). The van der Waals surface area contributed by atoms with Gasteiger partial charge in [0.1, 0.15) is 18.1 Å². The van der Waals surface area contributed by atoms with Crippen molar-refractivity contribution < 1.29 is 27.4 Å². The molecule has 1 amide bonds. The summed E-state index contributed by atoms with van der Waals surface area (Å²) in [5.41, 5.74) is 1.46. The van der Waals surface area contributed by atoms with Crippen LogP contribution < -0.4 is 14.8 Å². The zero-order chi connectivity index (χ0) is 24.3. The average molecular weight is 493 g/mol. The molecule has 0 aromatic heterocycles. The number of hydrogen-bond donors (Lipinski definition) is 1. The summed E-state index contributed by atoms with van der Waals surface area (Å²) >= 11 is 0. The highest BCUT2D eigenvalue weighted by Crippen LogP contribution is 2.34. The molecule has 0 bridgehead atoms. The fraction of sp³-hybridized carbons (Fsp3) is 0.192. The van der Waals surface area contributed by atoms with Crippen LogP contribution in [0.5, 0.6) is 17.2 Å². The number of carbonyl (C=O) groups is 1. The number of fused-ring (bicyclic) bond motifs is 1. The summed E-state index contributed by atoms with van der Waals surface area (Å²) < 4.78 is 44.8. The number of carbonyl (C=O) groups excluding carboxylic acids is 1. The molecule has 9 heteroatoms. The minimum Gasteiger partial charge on any atom is -0.488 e. The van der Waals surface area contributed by atoms with Gasteiger partial charge in [0.2, 0.25) is 10.0 Å². The molecular weight excluding hydrogens is 468 g/mol. The number of para-hydroxylation sites is 2. The van der Waals surface area contributed by atoms with Crippen molar-refractivity contribution in [2.75, 3.05) is 38.2 Å². The van der Waals surface area contributed by atoms with Gasteiger partial charge in [-0.3, -0.25) is 4.79 Å². The summed E-state index contributed by atoms with van der Waals surface area (Å²) in [5, 5.41) is 2.83. The third-order valence-corrected chi connectivity index (χ3v) is 7.60. The maximum Gasteiger partial charge on any atom is 0.255 e. The lowest BCUT2D eigenvalue weighted by atomic mass is 10.1. The highest BCUT2D eigenvalue weighted by Gasteiger charge is 2.28. The Balaban J connectivity index is 1.47. The summed E-state index contributed by atoms with van der Waals surface area (Å²) in [6, 6.07) is 21.0. The van der Waals surface area contributed by atoms with Gasteiger partial charge in [-0.1, -0.05) is 36.4 Å². The van der Waals surface area contributed by atoms with Crippen molar-refractivity contribution in [3.63, 3.8) is 0 Å². The van der Waals surface area contributed by atoms with E-state index in [0.29, 0.717) is 36.0 Å². The first kappa shape index (κ1) is 23.1. The van der Waals surface area contributed by atoms with Gasteiger partial charge in [0.05, 0.1) is 29.4 Å². The maximum absolute atomic E-state index is 13.2. The van der Waals surface area contributed by atoms with E-state index in [0.717, 1.165) is 5.56 Å². The van der Waals surface area contributed by atoms with Crippen LogP contribution in [0.1, 0.15) is 5.56 Å². The summed E-state index contributed by atoms with van der Waals surface area (Å²) in [6.45, 7) is 1.33. The summed E-state index contributed by atoms with van der Waals surface area (Å²) in [6.07, 6.45) is 1.76. The highest BCUT2D eigenvalue weighted by atomic mass is 32.2. The number of nitrogens with one attached hydrogen (secondary N) is 1. The van der Waals surface area contributed by atoms with Crippen LogP contribution in [0.4, 0.5) is 5.69 Å². The highest BCUT2D eigenvalue weighted by molar-refractivity contribution is 7.89. The van der Waals surface area contributed by atoms with E-state index in [-0.39, 0.29) is 30.3 Å². The Labute approximate surface area is 203 Å². The van der Waals surface area contributed by atoms with Crippen LogP contribution in [0.3, 0.4) is 0 Å². The molecule has 0 spiro atoms. The number of morpholine rings is 1.